The first kappa shape index (κ1) is 12.7. The zero-order valence-electron chi connectivity index (χ0n) is 10.3. The maximum Gasteiger partial charge on any atom is 0.227 e. The zero-order valence-corrected chi connectivity index (χ0v) is 10.3. The fraction of sp³-hybridized carbons (Fsp3) is 0.462. The second-order valence-corrected chi connectivity index (χ2v) is 4.20. The lowest BCUT2D eigenvalue weighted by Gasteiger charge is -2.12. The number of methoxy groups -OCH3 is 1. The van der Waals surface area contributed by atoms with Crippen LogP contribution >= 0.6 is 0 Å². The Morgan fingerprint density at radius 3 is 2.83 bits per heavy atom. The van der Waals surface area contributed by atoms with Gasteiger partial charge in [-0.2, -0.15) is 0 Å². The summed E-state index contributed by atoms with van der Waals surface area (Å²) < 4.78 is 10.5. The molecule has 1 saturated carbocycles. The number of aliphatic hydroxyl groups excluding tert-OH is 1. The van der Waals surface area contributed by atoms with Crippen molar-refractivity contribution in [1.82, 2.24) is 0 Å². The molecular weight excluding hydrogens is 234 g/mol. The van der Waals surface area contributed by atoms with Crippen molar-refractivity contribution in [2.75, 3.05) is 25.6 Å². The van der Waals surface area contributed by atoms with Crippen molar-refractivity contribution in [3.8, 4) is 11.5 Å². The Morgan fingerprint density at radius 2 is 2.22 bits per heavy atom. The molecule has 2 N–H and O–H groups in total. The van der Waals surface area contributed by atoms with Gasteiger partial charge in [0.05, 0.1) is 13.7 Å². The summed E-state index contributed by atoms with van der Waals surface area (Å²) in [5.74, 6) is 1.30. The lowest BCUT2D eigenvalue weighted by Crippen LogP contribution is -2.13. The predicted octanol–water partition coefficient (Wildman–Crippen LogP) is 1.41. The Bertz CT molecular complexity index is 429. The number of carbonyl (C=O) groups excluding carboxylic acids is 1. The van der Waals surface area contributed by atoms with Crippen LogP contribution in [0.1, 0.15) is 12.8 Å². The summed E-state index contributed by atoms with van der Waals surface area (Å²) in [6.45, 7) is 0.123. The summed E-state index contributed by atoms with van der Waals surface area (Å²) in [7, 11) is 1.55. The SMILES string of the molecule is COc1ccc(NC(=O)C2CC2)cc1OCCO. The number of aliphatic hydroxyl groups is 1. The highest BCUT2D eigenvalue weighted by Crippen LogP contribution is 2.33. The van der Waals surface area contributed by atoms with Crippen LogP contribution in [-0.4, -0.2) is 31.3 Å². The summed E-state index contributed by atoms with van der Waals surface area (Å²) in [4.78, 5) is 11.6. The fourth-order valence-electron chi connectivity index (χ4n) is 1.61. The molecule has 0 saturated heterocycles. The van der Waals surface area contributed by atoms with Crippen molar-refractivity contribution in [3.05, 3.63) is 18.2 Å². The van der Waals surface area contributed by atoms with Gasteiger partial charge in [-0.3, -0.25) is 4.79 Å². The maximum absolute atomic E-state index is 11.6. The average molecular weight is 251 g/mol. The van der Waals surface area contributed by atoms with E-state index in [9.17, 15) is 4.79 Å². The van der Waals surface area contributed by atoms with E-state index in [1.807, 2.05) is 0 Å². The van der Waals surface area contributed by atoms with Gasteiger partial charge in [0, 0.05) is 17.7 Å². The molecule has 0 unspecified atom stereocenters. The van der Waals surface area contributed by atoms with E-state index in [1.54, 1.807) is 25.3 Å². The van der Waals surface area contributed by atoms with Crippen LogP contribution in [0.25, 0.3) is 0 Å². The molecule has 0 atom stereocenters. The Morgan fingerprint density at radius 1 is 1.44 bits per heavy atom. The minimum absolute atomic E-state index is 0.0493. The smallest absolute Gasteiger partial charge is 0.227 e. The molecular formula is C13H17NO4. The quantitative estimate of drug-likeness (QED) is 0.802. The van der Waals surface area contributed by atoms with E-state index >= 15 is 0 Å². The zero-order chi connectivity index (χ0) is 13.0. The molecule has 5 nitrogen and oxygen atoms in total. The highest BCUT2D eigenvalue weighted by atomic mass is 16.5. The third-order valence-electron chi connectivity index (χ3n) is 2.73. The third kappa shape index (κ3) is 3.13. The van der Waals surface area contributed by atoms with E-state index in [0.29, 0.717) is 17.2 Å². The van der Waals surface area contributed by atoms with E-state index in [2.05, 4.69) is 5.32 Å². The molecule has 0 aliphatic heterocycles. The molecule has 0 spiro atoms. The molecule has 5 heteroatoms. The summed E-state index contributed by atoms with van der Waals surface area (Å²) in [5, 5.41) is 11.6. The van der Waals surface area contributed by atoms with E-state index < -0.39 is 0 Å². The predicted molar refractivity (Wildman–Crippen MR) is 66.9 cm³/mol. The van der Waals surface area contributed by atoms with E-state index in [0.717, 1.165) is 12.8 Å². The first-order valence-corrected chi connectivity index (χ1v) is 5.97. The number of nitrogens with one attached hydrogen (secondary N) is 1. The van der Waals surface area contributed by atoms with Crippen LogP contribution in [-0.2, 0) is 4.79 Å². The van der Waals surface area contributed by atoms with Crippen molar-refractivity contribution in [2.45, 2.75) is 12.8 Å². The van der Waals surface area contributed by atoms with Crippen molar-refractivity contribution < 1.29 is 19.4 Å². The minimum atomic E-state index is -0.0676. The van der Waals surface area contributed by atoms with Gasteiger partial charge in [0.25, 0.3) is 0 Å². The Labute approximate surface area is 106 Å². The molecule has 1 aliphatic carbocycles. The summed E-state index contributed by atoms with van der Waals surface area (Å²) >= 11 is 0. The molecule has 1 fully saturated rings. The van der Waals surface area contributed by atoms with Crippen LogP contribution < -0.4 is 14.8 Å². The standard InChI is InChI=1S/C13H17NO4/c1-17-11-5-4-10(8-12(11)18-7-6-15)14-13(16)9-2-3-9/h4-5,8-9,15H,2-3,6-7H2,1H3,(H,14,16). The van der Waals surface area contributed by atoms with Gasteiger partial charge in [-0.25, -0.2) is 0 Å². The topological polar surface area (TPSA) is 67.8 Å². The van der Waals surface area contributed by atoms with Gasteiger partial charge in [-0.1, -0.05) is 0 Å². The number of anilines is 1. The van der Waals surface area contributed by atoms with Crippen molar-refractivity contribution in [1.29, 1.82) is 0 Å². The number of ether oxygens (including phenoxy) is 2. The number of hydrogen-bond donors (Lipinski definition) is 2. The number of hydrogen-bond acceptors (Lipinski definition) is 4. The lowest BCUT2D eigenvalue weighted by atomic mass is 10.2. The molecule has 0 heterocycles. The third-order valence-corrected chi connectivity index (χ3v) is 2.73. The van der Waals surface area contributed by atoms with Crippen LogP contribution in [0.15, 0.2) is 18.2 Å². The summed E-state index contributed by atoms with van der Waals surface area (Å²) in [6.07, 6.45) is 1.94. The highest BCUT2D eigenvalue weighted by molar-refractivity contribution is 5.94. The van der Waals surface area contributed by atoms with E-state index in [4.69, 9.17) is 14.6 Å². The molecule has 18 heavy (non-hydrogen) atoms. The van der Waals surface area contributed by atoms with Crippen molar-refractivity contribution in [3.63, 3.8) is 0 Å². The summed E-state index contributed by atoms with van der Waals surface area (Å²) in [6, 6.07) is 5.20. The average Bonchev–Trinajstić information content (AvgIpc) is 3.20. The normalized spacial score (nSPS) is 14.1. The van der Waals surface area contributed by atoms with Gasteiger partial charge in [0.2, 0.25) is 5.91 Å². The molecule has 98 valence electrons. The van der Waals surface area contributed by atoms with E-state index in [1.165, 1.54) is 0 Å². The molecule has 1 aromatic rings. The highest BCUT2D eigenvalue weighted by Gasteiger charge is 2.29. The van der Waals surface area contributed by atoms with Crippen LogP contribution in [0.5, 0.6) is 11.5 Å². The van der Waals surface area contributed by atoms with Gasteiger partial charge >= 0.3 is 0 Å². The largest absolute Gasteiger partial charge is 0.493 e. The van der Waals surface area contributed by atoms with Crippen LogP contribution in [0, 0.1) is 5.92 Å². The second-order valence-electron chi connectivity index (χ2n) is 4.20. The van der Waals surface area contributed by atoms with Gasteiger partial charge in [-0.15, -0.1) is 0 Å². The lowest BCUT2D eigenvalue weighted by molar-refractivity contribution is -0.117. The number of amides is 1. The molecule has 0 bridgehead atoms. The molecule has 0 radical (unpaired) electrons. The monoisotopic (exact) mass is 251 g/mol. The first-order valence-electron chi connectivity index (χ1n) is 5.97. The van der Waals surface area contributed by atoms with Gasteiger partial charge in [-0.05, 0) is 25.0 Å². The minimum Gasteiger partial charge on any atom is -0.493 e. The second kappa shape index (κ2) is 5.73. The molecule has 1 amide bonds. The number of rotatable bonds is 6. The van der Waals surface area contributed by atoms with Gasteiger partial charge in [0.15, 0.2) is 11.5 Å². The Balaban J connectivity index is 2.08. The summed E-state index contributed by atoms with van der Waals surface area (Å²) in [5.41, 5.74) is 0.681. The fourth-order valence-corrected chi connectivity index (χ4v) is 1.61. The number of carbonyl (C=O) groups is 1. The van der Waals surface area contributed by atoms with Gasteiger partial charge in [0.1, 0.15) is 6.61 Å². The van der Waals surface area contributed by atoms with Gasteiger partial charge < -0.3 is 19.9 Å². The Kier molecular flexibility index (Phi) is 4.04. The Hall–Kier alpha value is -1.75. The van der Waals surface area contributed by atoms with Crippen molar-refractivity contribution >= 4 is 11.6 Å². The van der Waals surface area contributed by atoms with E-state index in [-0.39, 0.29) is 25.0 Å². The molecule has 1 aliphatic rings. The maximum atomic E-state index is 11.6. The van der Waals surface area contributed by atoms with Crippen molar-refractivity contribution in [2.24, 2.45) is 5.92 Å². The molecule has 0 aromatic heterocycles. The van der Waals surface area contributed by atoms with Crippen LogP contribution in [0.3, 0.4) is 0 Å². The first-order chi connectivity index (χ1) is 8.74. The number of benzene rings is 1. The molecule has 1 aromatic carbocycles. The van der Waals surface area contributed by atoms with Crippen LogP contribution in [0.2, 0.25) is 0 Å². The van der Waals surface area contributed by atoms with Crippen LogP contribution in [0.4, 0.5) is 5.69 Å². The molecule has 2 rings (SSSR count).